The van der Waals surface area contributed by atoms with Crippen LogP contribution in [0.2, 0.25) is 0 Å². The van der Waals surface area contributed by atoms with Crippen LogP contribution in [0.25, 0.3) is 0 Å². The zero-order valence-corrected chi connectivity index (χ0v) is 19.3. The molecule has 1 spiro atoms. The molecule has 1 atom stereocenters. The number of likely N-dealkylation sites (tertiary alicyclic amines) is 1. The third-order valence-electron chi connectivity index (χ3n) is 6.39. The number of para-hydroxylation sites is 1. The Morgan fingerprint density at radius 1 is 1.16 bits per heavy atom. The number of piperidine rings is 1. The monoisotopic (exact) mass is 435 g/mol. The fourth-order valence-electron chi connectivity index (χ4n) is 4.83. The number of fused-ring (bicyclic) bond motifs is 1. The SMILES string of the molecule is CC(C)(C)CC(=O)N1CCC2(CC1)CC(CC(=O)Nc1cccnc1)c1ccccc1O2. The van der Waals surface area contributed by atoms with E-state index in [1.54, 1.807) is 12.4 Å². The average Bonchev–Trinajstić information content (AvgIpc) is 2.73. The number of carbonyl (C=O) groups excluding carboxylic acids is 2. The molecule has 1 fully saturated rings. The van der Waals surface area contributed by atoms with E-state index in [4.69, 9.17) is 4.74 Å². The van der Waals surface area contributed by atoms with E-state index < -0.39 is 0 Å². The summed E-state index contributed by atoms with van der Waals surface area (Å²) in [6.07, 6.45) is 6.65. The van der Waals surface area contributed by atoms with Crippen LogP contribution in [-0.4, -0.2) is 40.4 Å². The number of benzene rings is 1. The number of rotatable bonds is 4. The Kier molecular flexibility index (Phi) is 6.22. The van der Waals surface area contributed by atoms with Gasteiger partial charge < -0.3 is 15.0 Å². The molecule has 1 saturated heterocycles. The van der Waals surface area contributed by atoms with E-state index in [1.807, 2.05) is 35.2 Å². The standard InChI is InChI=1S/C26H33N3O3/c1-25(2,3)17-24(31)29-13-10-26(11-14-29)16-19(21-8-4-5-9-22(21)32-26)15-23(30)28-20-7-6-12-27-18-20/h4-9,12,18-19H,10-11,13-17H2,1-3H3,(H,28,30). The first-order valence-corrected chi connectivity index (χ1v) is 11.5. The number of aromatic nitrogens is 1. The summed E-state index contributed by atoms with van der Waals surface area (Å²) in [5.74, 6) is 1.14. The van der Waals surface area contributed by atoms with E-state index in [0.717, 1.165) is 30.6 Å². The second-order valence-electron chi connectivity index (χ2n) is 10.3. The Morgan fingerprint density at radius 2 is 1.91 bits per heavy atom. The van der Waals surface area contributed by atoms with Crippen molar-refractivity contribution in [3.8, 4) is 5.75 Å². The van der Waals surface area contributed by atoms with Crippen molar-refractivity contribution < 1.29 is 14.3 Å². The molecular formula is C26H33N3O3. The molecule has 6 nitrogen and oxygen atoms in total. The van der Waals surface area contributed by atoms with Crippen LogP contribution in [-0.2, 0) is 9.59 Å². The molecule has 1 aromatic carbocycles. The van der Waals surface area contributed by atoms with E-state index in [1.165, 1.54) is 0 Å². The maximum absolute atomic E-state index is 12.8. The number of amides is 2. The smallest absolute Gasteiger partial charge is 0.225 e. The zero-order chi connectivity index (χ0) is 22.8. The predicted octanol–water partition coefficient (Wildman–Crippen LogP) is 4.77. The van der Waals surface area contributed by atoms with E-state index >= 15 is 0 Å². The molecule has 4 rings (SSSR count). The van der Waals surface area contributed by atoms with Crippen LogP contribution < -0.4 is 10.1 Å². The van der Waals surface area contributed by atoms with Crippen LogP contribution >= 0.6 is 0 Å². The summed E-state index contributed by atoms with van der Waals surface area (Å²) in [7, 11) is 0. The van der Waals surface area contributed by atoms with Crippen molar-refractivity contribution in [2.75, 3.05) is 18.4 Å². The number of nitrogens with one attached hydrogen (secondary N) is 1. The molecule has 2 aromatic rings. The van der Waals surface area contributed by atoms with Crippen LogP contribution in [0.5, 0.6) is 5.75 Å². The van der Waals surface area contributed by atoms with Gasteiger partial charge in [0.1, 0.15) is 11.4 Å². The maximum atomic E-state index is 12.8. The van der Waals surface area contributed by atoms with Crippen molar-refractivity contribution >= 4 is 17.5 Å². The van der Waals surface area contributed by atoms with E-state index in [-0.39, 0.29) is 28.7 Å². The van der Waals surface area contributed by atoms with Crippen molar-refractivity contribution in [3.63, 3.8) is 0 Å². The van der Waals surface area contributed by atoms with Crippen molar-refractivity contribution in [2.24, 2.45) is 5.41 Å². The van der Waals surface area contributed by atoms with Crippen LogP contribution in [0.15, 0.2) is 48.8 Å². The summed E-state index contributed by atoms with van der Waals surface area (Å²) in [5, 5.41) is 2.96. The summed E-state index contributed by atoms with van der Waals surface area (Å²) >= 11 is 0. The number of hydrogen-bond acceptors (Lipinski definition) is 4. The number of pyridine rings is 1. The van der Waals surface area contributed by atoms with Gasteiger partial charge >= 0.3 is 0 Å². The van der Waals surface area contributed by atoms with Gasteiger partial charge in [-0.15, -0.1) is 0 Å². The highest BCUT2D eigenvalue weighted by atomic mass is 16.5. The van der Waals surface area contributed by atoms with Gasteiger partial charge in [-0.25, -0.2) is 0 Å². The molecule has 2 aliphatic rings. The Hall–Kier alpha value is -2.89. The Balaban J connectivity index is 1.45. The molecule has 1 aromatic heterocycles. The highest BCUT2D eigenvalue weighted by Crippen LogP contribution is 2.46. The lowest BCUT2D eigenvalue weighted by Gasteiger charge is -2.47. The number of anilines is 1. The molecule has 0 aliphatic carbocycles. The Morgan fingerprint density at radius 3 is 2.59 bits per heavy atom. The van der Waals surface area contributed by atoms with Crippen molar-refractivity contribution in [1.82, 2.24) is 9.88 Å². The first-order chi connectivity index (χ1) is 15.2. The lowest BCUT2D eigenvalue weighted by molar-refractivity contribution is -0.137. The highest BCUT2D eigenvalue weighted by molar-refractivity contribution is 5.91. The quantitative estimate of drug-likeness (QED) is 0.751. The zero-order valence-electron chi connectivity index (χ0n) is 19.3. The third kappa shape index (κ3) is 5.29. The van der Waals surface area contributed by atoms with E-state index in [2.05, 4.69) is 37.1 Å². The minimum absolute atomic E-state index is 0.0147. The summed E-state index contributed by atoms with van der Waals surface area (Å²) in [6.45, 7) is 7.69. The van der Waals surface area contributed by atoms with Crippen LogP contribution in [0.1, 0.15) is 64.4 Å². The lowest BCUT2D eigenvalue weighted by atomic mass is 9.76. The third-order valence-corrected chi connectivity index (χ3v) is 6.39. The first-order valence-electron chi connectivity index (χ1n) is 11.5. The predicted molar refractivity (Wildman–Crippen MR) is 125 cm³/mol. The summed E-state index contributed by atoms with van der Waals surface area (Å²) < 4.78 is 6.54. The Labute approximate surface area is 190 Å². The minimum atomic E-state index is -0.327. The normalized spacial score (nSPS) is 19.7. The van der Waals surface area contributed by atoms with Crippen LogP contribution in [0, 0.1) is 5.41 Å². The molecule has 170 valence electrons. The van der Waals surface area contributed by atoms with E-state index in [9.17, 15) is 9.59 Å². The number of nitrogens with zero attached hydrogens (tertiary/aromatic N) is 2. The second kappa shape index (κ2) is 8.93. The largest absolute Gasteiger partial charge is 0.487 e. The highest BCUT2D eigenvalue weighted by Gasteiger charge is 2.44. The van der Waals surface area contributed by atoms with Crippen molar-refractivity contribution in [3.05, 3.63) is 54.4 Å². The molecule has 1 N–H and O–H groups in total. The number of carbonyl (C=O) groups is 2. The fourth-order valence-corrected chi connectivity index (χ4v) is 4.83. The molecule has 2 aliphatic heterocycles. The van der Waals surface area contributed by atoms with Crippen molar-refractivity contribution in [1.29, 1.82) is 0 Å². The van der Waals surface area contributed by atoms with Gasteiger partial charge in [0, 0.05) is 50.9 Å². The van der Waals surface area contributed by atoms with Gasteiger partial charge in [-0.3, -0.25) is 14.6 Å². The van der Waals surface area contributed by atoms with Gasteiger partial charge in [-0.1, -0.05) is 39.0 Å². The minimum Gasteiger partial charge on any atom is -0.487 e. The van der Waals surface area contributed by atoms with Gasteiger partial charge in [0.05, 0.1) is 11.9 Å². The topological polar surface area (TPSA) is 71.5 Å². The van der Waals surface area contributed by atoms with Gasteiger partial charge in [-0.05, 0) is 35.6 Å². The molecule has 32 heavy (non-hydrogen) atoms. The van der Waals surface area contributed by atoms with Gasteiger partial charge in [0.2, 0.25) is 11.8 Å². The van der Waals surface area contributed by atoms with E-state index in [0.29, 0.717) is 31.6 Å². The molecule has 0 bridgehead atoms. The molecule has 2 amide bonds. The van der Waals surface area contributed by atoms with Crippen LogP contribution in [0.4, 0.5) is 5.69 Å². The second-order valence-corrected chi connectivity index (χ2v) is 10.3. The van der Waals surface area contributed by atoms with Gasteiger partial charge in [0.15, 0.2) is 0 Å². The number of ether oxygens (including phenoxy) is 1. The van der Waals surface area contributed by atoms with Gasteiger partial charge in [0.25, 0.3) is 0 Å². The number of hydrogen-bond donors (Lipinski definition) is 1. The summed E-state index contributed by atoms with van der Waals surface area (Å²) in [5.41, 5.74) is 1.45. The molecular weight excluding hydrogens is 402 g/mol. The fraction of sp³-hybridized carbons (Fsp3) is 0.500. The van der Waals surface area contributed by atoms with Crippen LogP contribution in [0.3, 0.4) is 0 Å². The van der Waals surface area contributed by atoms with Crippen molar-refractivity contribution in [2.45, 2.75) is 64.4 Å². The summed E-state index contributed by atoms with van der Waals surface area (Å²) in [6, 6.07) is 11.7. The lowest BCUT2D eigenvalue weighted by Crippen LogP contribution is -2.52. The molecule has 6 heteroatoms. The Bertz CT molecular complexity index is 960. The molecule has 1 unspecified atom stereocenters. The first kappa shape index (κ1) is 22.3. The maximum Gasteiger partial charge on any atom is 0.225 e. The average molecular weight is 436 g/mol. The summed E-state index contributed by atoms with van der Waals surface area (Å²) in [4.78, 5) is 31.5. The van der Waals surface area contributed by atoms with Gasteiger partial charge in [-0.2, -0.15) is 0 Å². The molecule has 3 heterocycles. The molecule has 0 radical (unpaired) electrons. The molecule has 0 saturated carbocycles.